The topological polar surface area (TPSA) is 88.6 Å². The molecule has 1 aliphatic carbocycles. The summed E-state index contributed by atoms with van der Waals surface area (Å²) in [6.45, 7) is 1.86. The molecule has 3 rings (SSSR count). The fraction of sp³-hybridized carbons (Fsp3) is 0.600. The Hall–Kier alpha value is -2.22. The molecule has 2 heterocycles. The van der Waals surface area contributed by atoms with Crippen LogP contribution >= 0.6 is 0 Å². The molecule has 0 spiro atoms. The molecule has 0 atom stereocenters. The second kappa shape index (κ2) is 6.11. The first-order valence-corrected chi connectivity index (χ1v) is 7.87. The van der Waals surface area contributed by atoms with E-state index in [-0.39, 0.29) is 11.2 Å². The molecule has 0 amide bonds. The van der Waals surface area contributed by atoms with Gasteiger partial charge in [0.2, 0.25) is 5.65 Å². The first kappa shape index (κ1) is 15.7. The average molecular weight is 318 g/mol. The maximum atomic E-state index is 11.0. The van der Waals surface area contributed by atoms with Gasteiger partial charge in [-0.05, 0) is 37.9 Å². The second-order valence-corrected chi connectivity index (χ2v) is 6.66. The number of rotatable bonds is 6. The fourth-order valence-electron chi connectivity index (χ4n) is 3.54. The molecule has 23 heavy (non-hydrogen) atoms. The molecule has 2 aromatic heterocycles. The van der Waals surface area contributed by atoms with Crippen molar-refractivity contribution in [2.75, 3.05) is 32.5 Å². The van der Waals surface area contributed by atoms with Crippen molar-refractivity contribution in [1.82, 2.24) is 19.5 Å². The Labute approximate surface area is 134 Å². The van der Waals surface area contributed by atoms with Crippen LogP contribution in [0.4, 0.5) is 11.6 Å². The summed E-state index contributed by atoms with van der Waals surface area (Å²) < 4.78 is 1.27. The monoisotopic (exact) mass is 318 g/mol. The lowest BCUT2D eigenvalue weighted by molar-refractivity contribution is -0.391. The zero-order chi connectivity index (χ0) is 16.4. The minimum atomic E-state index is -0.471. The van der Waals surface area contributed by atoms with Gasteiger partial charge in [-0.2, -0.15) is 0 Å². The Balaban J connectivity index is 1.78. The van der Waals surface area contributed by atoms with Gasteiger partial charge >= 0.3 is 5.82 Å². The van der Waals surface area contributed by atoms with Gasteiger partial charge in [0.15, 0.2) is 5.82 Å². The van der Waals surface area contributed by atoms with Crippen molar-refractivity contribution in [2.45, 2.75) is 25.7 Å². The van der Waals surface area contributed by atoms with Crippen molar-refractivity contribution in [1.29, 1.82) is 0 Å². The molecule has 0 radical (unpaired) electrons. The van der Waals surface area contributed by atoms with E-state index >= 15 is 0 Å². The molecule has 1 saturated carbocycles. The van der Waals surface area contributed by atoms with E-state index in [0.717, 1.165) is 13.1 Å². The summed E-state index contributed by atoms with van der Waals surface area (Å²) in [6.07, 6.45) is 6.15. The molecule has 8 heteroatoms. The van der Waals surface area contributed by atoms with Crippen LogP contribution in [0.1, 0.15) is 25.7 Å². The summed E-state index contributed by atoms with van der Waals surface area (Å²) in [7, 11) is 4.19. The smallest absolute Gasteiger partial charge is 0.366 e. The average Bonchev–Trinajstić information content (AvgIpc) is 3.11. The molecule has 124 valence electrons. The lowest BCUT2D eigenvalue weighted by Gasteiger charge is -2.32. The number of anilines is 1. The number of nitro groups is 1. The van der Waals surface area contributed by atoms with Crippen molar-refractivity contribution in [2.24, 2.45) is 5.41 Å². The summed E-state index contributed by atoms with van der Waals surface area (Å²) in [5.74, 6) is 0.524. The summed E-state index contributed by atoms with van der Waals surface area (Å²) in [5, 5.41) is 18.7. The highest BCUT2D eigenvalue weighted by atomic mass is 16.6. The van der Waals surface area contributed by atoms with Crippen LogP contribution in [0.2, 0.25) is 0 Å². The fourth-order valence-corrected chi connectivity index (χ4v) is 3.54. The number of nitrogens with one attached hydrogen (secondary N) is 1. The Morgan fingerprint density at radius 1 is 1.39 bits per heavy atom. The van der Waals surface area contributed by atoms with E-state index in [9.17, 15) is 10.1 Å². The standard InChI is InChI=1S/C15H22N6O2/c1-19(2)11-15(7-3-4-8-15)10-17-12-5-6-13-16-9-14(21(22)23)20(13)18-12/h5-6,9H,3-4,7-8,10-11H2,1-2H3,(H,17,18). The minimum Gasteiger partial charge on any atom is -0.366 e. The van der Waals surface area contributed by atoms with Gasteiger partial charge in [-0.15, -0.1) is 0 Å². The van der Waals surface area contributed by atoms with Crippen molar-refractivity contribution in [3.8, 4) is 0 Å². The van der Waals surface area contributed by atoms with Gasteiger partial charge in [0.1, 0.15) is 6.20 Å². The summed E-state index contributed by atoms with van der Waals surface area (Å²) >= 11 is 0. The minimum absolute atomic E-state index is 0.118. The van der Waals surface area contributed by atoms with Crippen LogP contribution in [0.15, 0.2) is 18.3 Å². The van der Waals surface area contributed by atoms with Gasteiger partial charge in [-0.25, -0.2) is 4.98 Å². The predicted molar refractivity (Wildman–Crippen MR) is 87.6 cm³/mol. The van der Waals surface area contributed by atoms with Crippen LogP contribution in [0, 0.1) is 15.5 Å². The molecule has 2 aromatic rings. The number of nitrogens with zero attached hydrogens (tertiary/aromatic N) is 5. The van der Waals surface area contributed by atoms with E-state index in [1.165, 1.54) is 36.4 Å². The molecule has 0 saturated heterocycles. The van der Waals surface area contributed by atoms with Crippen LogP contribution in [-0.2, 0) is 0 Å². The Bertz CT molecular complexity index is 705. The van der Waals surface area contributed by atoms with Crippen LogP contribution in [0.25, 0.3) is 5.65 Å². The number of hydrogen-bond acceptors (Lipinski definition) is 6. The highest BCUT2D eigenvalue weighted by Crippen LogP contribution is 2.38. The third-order valence-corrected chi connectivity index (χ3v) is 4.49. The molecule has 0 bridgehead atoms. The van der Waals surface area contributed by atoms with Gasteiger partial charge in [0, 0.05) is 24.6 Å². The van der Waals surface area contributed by atoms with E-state index in [4.69, 9.17) is 0 Å². The quantitative estimate of drug-likeness (QED) is 0.648. The van der Waals surface area contributed by atoms with Crippen molar-refractivity contribution in [3.63, 3.8) is 0 Å². The van der Waals surface area contributed by atoms with Crippen molar-refractivity contribution in [3.05, 3.63) is 28.4 Å². The van der Waals surface area contributed by atoms with Gasteiger partial charge < -0.3 is 20.3 Å². The maximum Gasteiger partial charge on any atom is 0.368 e. The maximum absolute atomic E-state index is 11.0. The molecule has 1 fully saturated rings. The van der Waals surface area contributed by atoms with Crippen LogP contribution in [0.5, 0.6) is 0 Å². The van der Waals surface area contributed by atoms with E-state index in [1.54, 1.807) is 6.07 Å². The van der Waals surface area contributed by atoms with Gasteiger partial charge in [0.25, 0.3) is 0 Å². The first-order valence-electron chi connectivity index (χ1n) is 7.87. The molecular formula is C15H22N6O2. The Morgan fingerprint density at radius 3 is 2.78 bits per heavy atom. The van der Waals surface area contributed by atoms with E-state index in [0.29, 0.717) is 11.5 Å². The lowest BCUT2D eigenvalue weighted by atomic mass is 9.85. The van der Waals surface area contributed by atoms with E-state index in [2.05, 4.69) is 34.4 Å². The molecule has 1 N–H and O–H groups in total. The summed E-state index contributed by atoms with van der Waals surface area (Å²) in [5.41, 5.74) is 0.729. The van der Waals surface area contributed by atoms with E-state index in [1.807, 2.05) is 6.07 Å². The van der Waals surface area contributed by atoms with Gasteiger partial charge in [0.05, 0.1) is 0 Å². The normalized spacial score (nSPS) is 17.0. The Morgan fingerprint density at radius 2 is 2.13 bits per heavy atom. The highest BCUT2D eigenvalue weighted by molar-refractivity contribution is 5.48. The molecular weight excluding hydrogens is 296 g/mol. The largest absolute Gasteiger partial charge is 0.368 e. The number of fused-ring (bicyclic) bond motifs is 1. The third kappa shape index (κ3) is 3.26. The van der Waals surface area contributed by atoms with Crippen molar-refractivity contribution < 1.29 is 4.92 Å². The number of aromatic nitrogens is 3. The van der Waals surface area contributed by atoms with Gasteiger partial charge in [-0.1, -0.05) is 22.5 Å². The zero-order valence-electron chi connectivity index (χ0n) is 13.5. The van der Waals surface area contributed by atoms with Crippen LogP contribution < -0.4 is 5.32 Å². The van der Waals surface area contributed by atoms with Crippen LogP contribution in [-0.4, -0.2) is 51.6 Å². The summed E-state index contributed by atoms with van der Waals surface area (Å²) in [4.78, 5) is 16.8. The predicted octanol–water partition coefficient (Wildman–Crippen LogP) is 2.17. The lowest BCUT2D eigenvalue weighted by Crippen LogP contribution is -2.37. The third-order valence-electron chi connectivity index (χ3n) is 4.49. The van der Waals surface area contributed by atoms with Crippen LogP contribution in [0.3, 0.4) is 0 Å². The molecule has 0 aromatic carbocycles. The molecule has 8 nitrogen and oxygen atoms in total. The SMILES string of the molecule is CN(C)CC1(CNc2ccc3ncc([N+](=O)[O-])n3n2)CCCC1. The van der Waals surface area contributed by atoms with E-state index < -0.39 is 4.92 Å². The zero-order valence-corrected chi connectivity index (χ0v) is 13.5. The molecule has 0 unspecified atom stereocenters. The van der Waals surface area contributed by atoms with Gasteiger partial charge in [-0.3, -0.25) is 0 Å². The highest BCUT2D eigenvalue weighted by Gasteiger charge is 2.34. The molecule has 0 aliphatic heterocycles. The van der Waals surface area contributed by atoms with Crippen molar-refractivity contribution >= 4 is 17.3 Å². The number of imidazole rings is 1. The summed E-state index contributed by atoms with van der Waals surface area (Å²) in [6, 6.07) is 3.57. The Kier molecular flexibility index (Phi) is 4.16. The number of hydrogen-bond donors (Lipinski definition) is 1. The first-order chi connectivity index (χ1) is 11.0. The second-order valence-electron chi connectivity index (χ2n) is 6.66. The molecule has 1 aliphatic rings.